The normalized spacial score (nSPS) is 46.1. The van der Waals surface area contributed by atoms with E-state index >= 15 is 0 Å². The second-order valence-electron chi connectivity index (χ2n) is 12.3. The molecule has 0 radical (unpaired) electrons. The van der Waals surface area contributed by atoms with Gasteiger partial charge >= 0.3 is 5.97 Å². The molecule has 5 aliphatic rings. The molecular weight excluding hydrogens is 456 g/mol. The smallest absolute Gasteiger partial charge is 0.331 e. The molecule has 1 aliphatic heterocycles. The molecule has 2 heterocycles. The molecule has 6 rings (SSSR count). The minimum atomic E-state index is -1.02. The summed E-state index contributed by atoms with van der Waals surface area (Å²) >= 11 is 0. The quantitative estimate of drug-likeness (QED) is 0.437. The van der Waals surface area contributed by atoms with Gasteiger partial charge in [-0.1, -0.05) is 6.92 Å². The molecule has 0 aromatic carbocycles. The minimum Gasteiger partial charge on any atom is -0.458 e. The maximum absolute atomic E-state index is 12.5. The molecule has 4 fully saturated rings. The van der Waals surface area contributed by atoms with E-state index in [4.69, 9.17) is 9.73 Å². The first-order valence-electron chi connectivity index (χ1n) is 13.6. The molecule has 4 aliphatic carbocycles. The lowest BCUT2D eigenvalue weighted by Crippen LogP contribution is -2.68. The second kappa shape index (κ2) is 8.47. The lowest BCUT2D eigenvalue weighted by Gasteiger charge is -2.65. The van der Waals surface area contributed by atoms with Crippen LogP contribution in [0.1, 0.15) is 70.3 Å². The van der Waals surface area contributed by atoms with Crippen molar-refractivity contribution in [1.29, 1.82) is 0 Å². The van der Waals surface area contributed by atoms with Gasteiger partial charge in [0.25, 0.3) is 0 Å². The Morgan fingerprint density at radius 3 is 2.61 bits per heavy atom. The van der Waals surface area contributed by atoms with Crippen LogP contribution < -0.4 is 0 Å². The van der Waals surface area contributed by atoms with Crippen molar-refractivity contribution in [3.8, 4) is 0 Å². The predicted molar refractivity (Wildman–Crippen MR) is 134 cm³/mol. The van der Waals surface area contributed by atoms with E-state index in [1.165, 1.54) is 0 Å². The topological polar surface area (TPSA) is 112 Å². The summed E-state index contributed by atoms with van der Waals surface area (Å²) in [5, 5.41) is 35.1. The predicted octanol–water partition coefficient (Wildman–Crippen LogP) is 3.37. The largest absolute Gasteiger partial charge is 0.458 e. The number of carbonyl (C=O) groups is 1. The molecule has 0 spiro atoms. The van der Waals surface area contributed by atoms with E-state index in [0.717, 1.165) is 36.8 Å². The molecule has 36 heavy (non-hydrogen) atoms. The zero-order valence-corrected chi connectivity index (χ0v) is 21.1. The molecule has 0 bridgehead atoms. The van der Waals surface area contributed by atoms with Crippen LogP contribution in [-0.4, -0.2) is 56.4 Å². The molecule has 0 amide bonds. The molecule has 1 aromatic rings. The van der Waals surface area contributed by atoms with Crippen molar-refractivity contribution < 1.29 is 24.9 Å². The van der Waals surface area contributed by atoms with Crippen LogP contribution in [0.4, 0.5) is 0 Å². The number of pyridine rings is 1. The van der Waals surface area contributed by atoms with Gasteiger partial charge in [-0.15, -0.1) is 0 Å². The van der Waals surface area contributed by atoms with Gasteiger partial charge in [0, 0.05) is 41.9 Å². The highest BCUT2D eigenvalue weighted by Crippen LogP contribution is 2.70. The number of fused-ring (bicyclic) bond motifs is 5. The van der Waals surface area contributed by atoms with Crippen LogP contribution in [0.3, 0.4) is 0 Å². The van der Waals surface area contributed by atoms with Crippen molar-refractivity contribution in [2.75, 3.05) is 6.61 Å². The number of nitrogens with zero attached hydrogens (tertiary/aromatic N) is 2. The second-order valence-corrected chi connectivity index (χ2v) is 12.3. The zero-order chi connectivity index (χ0) is 25.2. The van der Waals surface area contributed by atoms with Crippen LogP contribution in [0, 0.1) is 28.6 Å². The van der Waals surface area contributed by atoms with Crippen LogP contribution in [0.25, 0.3) is 0 Å². The Labute approximate surface area is 212 Å². The van der Waals surface area contributed by atoms with E-state index in [0.29, 0.717) is 45.3 Å². The highest BCUT2D eigenvalue weighted by Gasteiger charge is 2.71. The molecule has 0 unspecified atom stereocenters. The average Bonchev–Trinajstić information content (AvgIpc) is 3.40. The fourth-order valence-electron chi connectivity index (χ4n) is 9.16. The zero-order valence-electron chi connectivity index (χ0n) is 21.1. The number of aromatic nitrogens is 1. The van der Waals surface area contributed by atoms with E-state index in [1.807, 2.05) is 18.3 Å². The molecule has 194 valence electrons. The Hall–Kier alpha value is -2.09. The Morgan fingerprint density at radius 1 is 1.08 bits per heavy atom. The summed E-state index contributed by atoms with van der Waals surface area (Å²) in [4.78, 5) is 20.8. The fraction of sp³-hybridized carbons (Fsp3) is 0.690. The molecule has 0 saturated heterocycles. The monoisotopic (exact) mass is 494 g/mol. The summed E-state index contributed by atoms with van der Waals surface area (Å²) in [6.45, 7) is 3.07. The Balaban J connectivity index is 1.35. The van der Waals surface area contributed by atoms with Gasteiger partial charge in [0.2, 0.25) is 0 Å². The van der Waals surface area contributed by atoms with Crippen molar-refractivity contribution in [3.05, 3.63) is 41.7 Å². The summed E-state index contributed by atoms with van der Waals surface area (Å²) in [6.07, 6.45) is 12.9. The van der Waals surface area contributed by atoms with Gasteiger partial charge in [0.15, 0.2) is 0 Å². The maximum Gasteiger partial charge on any atom is 0.331 e. The fourth-order valence-corrected chi connectivity index (χ4v) is 9.16. The van der Waals surface area contributed by atoms with Crippen LogP contribution in [0.15, 0.2) is 41.2 Å². The summed E-state index contributed by atoms with van der Waals surface area (Å²) in [7, 11) is 0. The average molecular weight is 495 g/mol. The first-order chi connectivity index (χ1) is 17.2. The number of aliphatic imine (C=N–C) groups is 1. The number of rotatable bonds is 4. The Kier molecular flexibility index (Phi) is 5.71. The highest BCUT2D eigenvalue weighted by atomic mass is 16.5. The number of esters is 1. The van der Waals surface area contributed by atoms with Gasteiger partial charge in [-0.3, -0.25) is 9.98 Å². The number of carbonyl (C=O) groups excluding carboxylic acids is 1. The van der Waals surface area contributed by atoms with Gasteiger partial charge in [-0.25, -0.2) is 4.79 Å². The van der Waals surface area contributed by atoms with Crippen LogP contribution in [0.2, 0.25) is 0 Å². The molecule has 3 N–H and O–H groups in total. The van der Waals surface area contributed by atoms with Crippen molar-refractivity contribution in [1.82, 2.24) is 4.98 Å². The van der Waals surface area contributed by atoms with Crippen LogP contribution >= 0.6 is 0 Å². The summed E-state index contributed by atoms with van der Waals surface area (Å²) in [6, 6.07) is 3.91. The van der Waals surface area contributed by atoms with Gasteiger partial charge in [0.05, 0.1) is 23.9 Å². The van der Waals surface area contributed by atoms with Crippen LogP contribution in [-0.2, 0) is 16.1 Å². The number of ether oxygens (including phenoxy) is 1. The summed E-state index contributed by atoms with van der Waals surface area (Å²) < 4.78 is 5.24. The first kappa shape index (κ1) is 24.3. The van der Waals surface area contributed by atoms with Crippen molar-refractivity contribution >= 4 is 12.2 Å². The number of aliphatic hydroxyl groups excluding tert-OH is 1. The van der Waals surface area contributed by atoms with E-state index in [9.17, 15) is 20.1 Å². The first-order valence-corrected chi connectivity index (χ1v) is 13.6. The number of hydrogen-bond donors (Lipinski definition) is 3. The third-order valence-corrected chi connectivity index (χ3v) is 11.0. The number of aliphatic hydroxyl groups is 3. The molecule has 8 atom stereocenters. The Morgan fingerprint density at radius 2 is 1.86 bits per heavy atom. The van der Waals surface area contributed by atoms with Crippen molar-refractivity contribution in [2.45, 2.75) is 88.6 Å². The third kappa shape index (κ3) is 3.38. The van der Waals surface area contributed by atoms with Crippen molar-refractivity contribution in [2.24, 2.45) is 33.6 Å². The minimum absolute atomic E-state index is 0.0442. The summed E-state index contributed by atoms with van der Waals surface area (Å²) in [5.41, 5.74) is -0.686. The van der Waals surface area contributed by atoms with Gasteiger partial charge < -0.3 is 20.1 Å². The number of cyclic esters (lactones) is 1. The maximum atomic E-state index is 12.5. The molecule has 7 nitrogen and oxygen atoms in total. The third-order valence-electron chi connectivity index (χ3n) is 11.0. The standard InChI is InChI=1S/C29H38N2O5/c1-26-8-3-23-24(29(26,35)11-5-22(26)20-14-25(33)36-17-20)4-10-28(34)15-21(32)2-9-27(23,28)18-31-16-19-6-12-30-13-7-19/h6-7,12-14,18,21-24,32,34-35H,2-5,8-11,15-17H2,1H3/t21-,22+,23-,24+,26+,27+,28-,29+/m1/s1. The lowest BCUT2D eigenvalue weighted by atomic mass is 9.41. The molecule has 4 saturated carbocycles. The van der Waals surface area contributed by atoms with Crippen LogP contribution in [0.5, 0.6) is 0 Å². The van der Waals surface area contributed by atoms with Gasteiger partial charge in [-0.05, 0) is 92.4 Å². The lowest BCUT2D eigenvalue weighted by molar-refractivity contribution is -0.237. The SMILES string of the molecule is C[C@@]12CC[C@@H]3[C@H](CC[C@@]4(O)C[C@H](O)CC[C@]34C=NCc3ccncc3)[C@@]1(O)CC[C@H]2C1=CC(=O)OC1. The van der Waals surface area contributed by atoms with Gasteiger partial charge in [0.1, 0.15) is 6.61 Å². The summed E-state index contributed by atoms with van der Waals surface area (Å²) in [5.74, 6) is 0.00532. The highest BCUT2D eigenvalue weighted by molar-refractivity contribution is 5.85. The number of hydrogen-bond acceptors (Lipinski definition) is 7. The molecular formula is C29H38N2O5. The van der Waals surface area contributed by atoms with E-state index < -0.39 is 22.7 Å². The van der Waals surface area contributed by atoms with E-state index in [1.54, 1.807) is 18.5 Å². The van der Waals surface area contributed by atoms with E-state index in [-0.39, 0.29) is 29.1 Å². The molecule has 7 heteroatoms. The van der Waals surface area contributed by atoms with E-state index in [2.05, 4.69) is 11.9 Å². The molecule has 1 aromatic heterocycles. The Bertz CT molecular complexity index is 1090. The van der Waals surface area contributed by atoms with Crippen molar-refractivity contribution in [3.63, 3.8) is 0 Å². The van der Waals surface area contributed by atoms with Gasteiger partial charge in [-0.2, -0.15) is 0 Å².